The lowest BCUT2D eigenvalue weighted by Gasteiger charge is -2.03. The van der Waals surface area contributed by atoms with Crippen LogP contribution >= 0.6 is 35.0 Å². The quantitative estimate of drug-likeness (QED) is 0.623. The molecule has 0 unspecified atom stereocenters. The molecule has 2 rings (SSSR count). The molecule has 0 bridgehead atoms. The first-order valence-corrected chi connectivity index (χ1v) is 6.93. The Kier molecular flexibility index (Phi) is 4.66. The highest BCUT2D eigenvalue weighted by Crippen LogP contribution is 2.28. The Morgan fingerprint density at radius 1 is 1.18 bits per heavy atom. The lowest BCUT2D eigenvalue weighted by Crippen LogP contribution is -1.95. The van der Waals surface area contributed by atoms with Crippen molar-refractivity contribution in [3.63, 3.8) is 0 Å². The largest absolute Gasteiger partial charge is 0.240 e. The summed E-state index contributed by atoms with van der Waals surface area (Å²) in [7, 11) is 0. The molecule has 1 heterocycles. The Morgan fingerprint density at radius 3 is 2.76 bits per heavy atom. The predicted octanol–water partition coefficient (Wildman–Crippen LogP) is 4.16. The van der Waals surface area contributed by atoms with Crippen molar-refractivity contribution >= 4 is 35.0 Å². The summed E-state index contributed by atoms with van der Waals surface area (Å²) in [5.74, 6) is 1.87. The van der Waals surface area contributed by atoms with Gasteiger partial charge in [-0.2, -0.15) is 0 Å². The average molecular weight is 285 g/mol. The van der Waals surface area contributed by atoms with Crippen molar-refractivity contribution in [2.45, 2.75) is 16.5 Å². The monoisotopic (exact) mass is 284 g/mol. The van der Waals surface area contributed by atoms with Crippen LogP contribution in [0.1, 0.15) is 11.5 Å². The van der Waals surface area contributed by atoms with E-state index in [4.69, 9.17) is 23.2 Å². The van der Waals surface area contributed by atoms with Gasteiger partial charge < -0.3 is 0 Å². The van der Waals surface area contributed by atoms with Crippen LogP contribution in [0.4, 0.5) is 0 Å². The molecule has 17 heavy (non-hydrogen) atoms. The van der Waals surface area contributed by atoms with Crippen molar-refractivity contribution in [1.82, 2.24) is 9.97 Å². The number of aromatic nitrogens is 2. The van der Waals surface area contributed by atoms with E-state index in [1.165, 1.54) is 0 Å². The van der Waals surface area contributed by atoms with Crippen molar-refractivity contribution in [3.05, 3.63) is 53.1 Å². The third-order valence-corrected chi connectivity index (χ3v) is 3.88. The van der Waals surface area contributed by atoms with Gasteiger partial charge in [-0.15, -0.1) is 23.4 Å². The van der Waals surface area contributed by atoms with Crippen molar-refractivity contribution in [3.8, 4) is 0 Å². The molecule has 0 atom stereocenters. The lowest BCUT2D eigenvalue weighted by atomic mass is 10.4. The van der Waals surface area contributed by atoms with E-state index in [0.29, 0.717) is 11.6 Å². The van der Waals surface area contributed by atoms with Gasteiger partial charge >= 0.3 is 0 Å². The van der Waals surface area contributed by atoms with Crippen molar-refractivity contribution in [2.24, 2.45) is 0 Å². The number of benzene rings is 1. The van der Waals surface area contributed by atoms with Crippen LogP contribution in [-0.4, -0.2) is 9.97 Å². The molecule has 2 nitrogen and oxygen atoms in total. The van der Waals surface area contributed by atoms with Gasteiger partial charge in [-0.25, -0.2) is 9.97 Å². The summed E-state index contributed by atoms with van der Waals surface area (Å²) in [5, 5.41) is 0.756. The van der Waals surface area contributed by atoms with Crippen LogP contribution < -0.4 is 0 Å². The van der Waals surface area contributed by atoms with E-state index in [1.807, 2.05) is 30.3 Å². The Labute approximate surface area is 114 Å². The van der Waals surface area contributed by atoms with E-state index in [0.717, 1.165) is 21.4 Å². The summed E-state index contributed by atoms with van der Waals surface area (Å²) in [6.45, 7) is 0. The van der Waals surface area contributed by atoms with Crippen LogP contribution in [0.15, 0.2) is 41.4 Å². The number of hydrogen-bond donors (Lipinski definition) is 0. The molecule has 0 spiro atoms. The third kappa shape index (κ3) is 3.60. The zero-order chi connectivity index (χ0) is 12.1. The van der Waals surface area contributed by atoms with Gasteiger partial charge in [-0.1, -0.05) is 23.7 Å². The molecule has 0 fully saturated rings. The Morgan fingerprint density at radius 2 is 2.00 bits per heavy atom. The highest BCUT2D eigenvalue weighted by molar-refractivity contribution is 7.98. The minimum Gasteiger partial charge on any atom is -0.240 e. The first kappa shape index (κ1) is 12.7. The molecular weight excluding hydrogens is 275 g/mol. The van der Waals surface area contributed by atoms with Crippen LogP contribution in [0.2, 0.25) is 5.02 Å². The number of nitrogens with zero attached hydrogens (tertiary/aromatic N) is 2. The minimum absolute atomic E-state index is 0.409. The molecule has 0 saturated carbocycles. The number of hydrogen-bond acceptors (Lipinski definition) is 3. The highest BCUT2D eigenvalue weighted by atomic mass is 35.5. The van der Waals surface area contributed by atoms with Gasteiger partial charge in [0.25, 0.3) is 0 Å². The van der Waals surface area contributed by atoms with Crippen LogP contribution in [0.25, 0.3) is 0 Å². The maximum atomic E-state index is 6.07. The van der Waals surface area contributed by atoms with Gasteiger partial charge in [-0.3, -0.25) is 0 Å². The van der Waals surface area contributed by atoms with E-state index in [2.05, 4.69) is 9.97 Å². The van der Waals surface area contributed by atoms with E-state index >= 15 is 0 Å². The van der Waals surface area contributed by atoms with Gasteiger partial charge in [0.2, 0.25) is 0 Å². The second-order valence-electron chi connectivity index (χ2n) is 3.32. The maximum Gasteiger partial charge on any atom is 0.138 e. The zero-order valence-electron chi connectivity index (χ0n) is 8.94. The van der Waals surface area contributed by atoms with E-state index in [1.54, 1.807) is 18.0 Å². The van der Waals surface area contributed by atoms with Crippen molar-refractivity contribution < 1.29 is 0 Å². The molecule has 1 aromatic carbocycles. The first-order chi connectivity index (χ1) is 8.29. The number of halogens is 2. The Balaban J connectivity index is 2.05. The van der Waals surface area contributed by atoms with Gasteiger partial charge in [0, 0.05) is 11.1 Å². The highest BCUT2D eigenvalue weighted by Gasteiger charge is 2.03. The standard InChI is InChI=1S/C12H10Cl2N2S/c13-7-9-5-6-15-12(16-9)8-17-11-4-2-1-3-10(11)14/h1-6H,7-8H2. The molecule has 1 aromatic heterocycles. The van der Waals surface area contributed by atoms with Gasteiger partial charge in [-0.05, 0) is 18.2 Å². The average Bonchev–Trinajstić information content (AvgIpc) is 2.38. The lowest BCUT2D eigenvalue weighted by molar-refractivity contribution is 0.986. The Hall–Kier alpha value is -0.770. The van der Waals surface area contributed by atoms with Crippen LogP contribution in [0, 0.1) is 0 Å². The van der Waals surface area contributed by atoms with Crippen LogP contribution in [0.3, 0.4) is 0 Å². The molecule has 0 amide bonds. The second kappa shape index (κ2) is 6.24. The summed E-state index contributed by atoms with van der Waals surface area (Å²) in [5.41, 5.74) is 0.844. The summed E-state index contributed by atoms with van der Waals surface area (Å²) in [6.07, 6.45) is 1.73. The normalized spacial score (nSPS) is 10.5. The molecule has 88 valence electrons. The Bertz CT molecular complexity index is 505. The summed E-state index contributed by atoms with van der Waals surface area (Å²) in [6, 6.07) is 9.55. The molecule has 0 N–H and O–H groups in total. The molecule has 0 saturated heterocycles. The van der Waals surface area contributed by atoms with Crippen molar-refractivity contribution in [2.75, 3.05) is 0 Å². The molecule has 5 heteroatoms. The summed E-state index contributed by atoms with van der Waals surface area (Å²) in [4.78, 5) is 9.56. The first-order valence-electron chi connectivity index (χ1n) is 5.03. The predicted molar refractivity (Wildman–Crippen MR) is 72.6 cm³/mol. The minimum atomic E-state index is 0.409. The topological polar surface area (TPSA) is 25.8 Å². The number of rotatable bonds is 4. The fourth-order valence-corrected chi connectivity index (χ4v) is 2.54. The van der Waals surface area contributed by atoms with Crippen LogP contribution in [0.5, 0.6) is 0 Å². The summed E-state index contributed by atoms with van der Waals surface area (Å²) < 4.78 is 0. The summed E-state index contributed by atoms with van der Waals surface area (Å²) >= 11 is 13.4. The molecule has 0 radical (unpaired) electrons. The fourth-order valence-electron chi connectivity index (χ4n) is 1.29. The third-order valence-electron chi connectivity index (χ3n) is 2.09. The van der Waals surface area contributed by atoms with Gasteiger partial charge in [0.1, 0.15) is 5.82 Å². The number of alkyl halides is 1. The van der Waals surface area contributed by atoms with Crippen LogP contribution in [-0.2, 0) is 11.6 Å². The van der Waals surface area contributed by atoms with Gasteiger partial charge in [0.05, 0.1) is 22.3 Å². The smallest absolute Gasteiger partial charge is 0.138 e. The SMILES string of the molecule is ClCc1ccnc(CSc2ccccc2Cl)n1. The molecule has 0 aliphatic rings. The number of thioether (sulfide) groups is 1. The van der Waals surface area contributed by atoms with Gasteiger partial charge in [0.15, 0.2) is 0 Å². The maximum absolute atomic E-state index is 6.07. The zero-order valence-corrected chi connectivity index (χ0v) is 11.3. The molecular formula is C12H10Cl2N2S. The second-order valence-corrected chi connectivity index (χ2v) is 5.01. The van der Waals surface area contributed by atoms with E-state index in [9.17, 15) is 0 Å². The molecule has 0 aliphatic carbocycles. The molecule has 0 aliphatic heterocycles. The van der Waals surface area contributed by atoms with Crippen molar-refractivity contribution in [1.29, 1.82) is 0 Å². The fraction of sp³-hybridized carbons (Fsp3) is 0.167. The van der Waals surface area contributed by atoms with E-state index < -0.39 is 0 Å². The molecule has 2 aromatic rings. The van der Waals surface area contributed by atoms with E-state index in [-0.39, 0.29) is 0 Å².